The summed E-state index contributed by atoms with van der Waals surface area (Å²) in [4.78, 5) is 48.8. The minimum Gasteiger partial charge on any atom is -0.507 e. The summed E-state index contributed by atoms with van der Waals surface area (Å²) in [5.74, 6) is -1.96. The summed E-state index contributed by atoms with van der Waals surface area (Å²) in [6.45, 7) is 7.65. The zero-order chi connectivity index (χ0) is 27.4. The Hall–Kier alpha value is -4.51. The molecule has 1 fully saturated rings. The number of carbonyl (C=O) groups is 3. The number of methoxy groups -OCH3 is 1. The van der Waals surface area contributed by atoms with Gasteiger partial charge in [-0.1, -0.05) is 30.1 Å². The predicted octanol–water partition coefficient (Wildman–Crippen LogP) is 4.22. The molecule has 1 atom stereocenters. The van der Waals surface area contributed by atoms with Gasteiger partial charge in [-0.2, -0.15) is 0 Å². The minimum absolute atomic E-state index is 0.105. The molecule has 11 heteroatoms. The molecule has 1 aliphatic rings. The number of hydrogen-bond acceptors (Lipinski definition) is 10. The van der Waals surface area contributed by atoms with Crippen LogP contribution in [0.5, 0.6) is 11.5 Å². The Morgan fingerprint density at radius 1 is 1.18 bits per heavy atom. The van der Waals surface area contributed by atoms with Gasteiger partial charge in [0.1, 0.15) is 17.2 Å². The van der Waals surface area contributed by atoms with Crippen molar-refractivity contribution in [3.63, 3.8) is 0 Å². The van der Waals surface area contributed by atoms with Crippen molar-refractivity contribution in [3.8, 4) is 11.5 Å². The summed E-state index contributed by atoms with van der Waals surface area (Å²) in [5, 5.41) is 11.3. The topological polar surface area (TPSA) is 128 Å². The van der Waals surface area contributed by atoms with E-state index in [1.165, 1.54) is 36.5 Å². The van der Waals surface area contributed by atoms with Gasteiger partial charge in [0, 0.05) is 18.0 Å². The van der Waals surface area contributed by atoms with Crippen LogP contribution in [-0.4, -0.2) is 53.1 Å². The second-order valence-electron chi connectivity index (χ2n) is 8.05. The lowest BCUT2D eigenvalue weighted by Crippen LogP contribution is -2.29. The number of pyridine rings is 1. The first-order valence-electron chi connectivity index (χ1n) is 11.6. The molecule has 10 nitrogen and oxygen atoms in total. The molecule has 4 rings (SSSR count). The van der Waals surface area contributed by atoms with Crippen LogP contribution >= 0.6 is 11.3 Å². The zero-order valence-electron chi connectivity index (χ0n) is 21.0. The van der Waals surface area contributed by atoms with Crippen molar-refractivity contribution >= 4 is 39.9 Å². The van der Waals surface area contributed by atoms with Crippen molar-refractivity contribution in [1.82, 2.24) is 9.97 Å². The number of esters is 1. The number of rotatable bonds is 9. The first kappa shape index (κ1) is 26.6. The normalized spacial score (nSPS) is 16.4. The Balaban J connectivity index is 1.94. The van der Waals surface area contributed by atoms with E-state index in [-0.39, 0.29) is 27.9 Å². The van der Waals surface area contributed by atoms with Crippen LogP contribution in [0.2, 0.25) is 0 Å². The van der Waals surface area contributed by atoms with Crippen molar-refractivity contribution in [3.05, 3.63) is 82.7 Å². The molecule has 1 amide bonds. The van der Waals surface area contributed by atoms with Crippen molar-refractivity contribution < 1.29 is 33.7 Å². The molecule has 0 saturated carbocycles. The quantitative estimate of drug-likeness (QED) is 0.141. The predicted molar refractivity (Wildman–Crippen MR) is 141 cm³/mol. The van der Waals surface area contributed by atoms with E-state index in [4.69, 9.17) is 14.2 Å². The summed E-state index contributed by atoms with van der Waals surface area (Å²) >= 11 is 0.918. The van der Waals surface area contributed by atoms with Gasteiger partial charge in [0.15, 0.2) is 16.6 Å². The van der Waals surface area contributed by atoms with Crippen LogP contribution in [0.25, 0.3) is 5.76 Å². The van der Waals surface area contributed by atoms with E-state index in [2.05, 4.69) is 16.5 Å². The van der Waals surface area contributed by atoms with Gasteiger partial charge in [0.05, 0.1) is 31.0 Å². The number of ketones is 1. The zero-order valence-corrected chi connectivity index (χ0v) is 21.8. The number of hydrogen-bond donors (Lipinski definition) is 1. The van der Waals surface area contributed by atoms with E-state index >= 15 is 0 Å². The Bertz CT molecular complexity index is 1430. The number of nitrogens with zero attached hydrogens (tertiary/aromatic N) is 3. The van der Waals surface area contributed by atoms with Crippen molar-refractivity contribution in [1.29, 1.82) is 0 Å². The number of ether oxygens (including phenoxy) is 3. The molecule has 0 radical (unpaired) electrons. The third-order valence-corrected chi connectivity index (χ3v) is 6.84. The summed E-state index contributed by atoms with van der Waals surface area (Å²) in [7, 11) is 1.24. The van der Waals surface area contributed by atoms with Gasteiger partial charge in [-0.15, -0.1) is 0 Å². The molecular weight excluding hydrogens is 510 g/mol. The molecule has 0 bridgehead atoms. The lowest BCUT2D eigenvalue weighted by atomic mass is 9.95. The molecule has 3 aromatic rings. The van der Waals surface area contributed by atoms with Crippen LogP contribution in [0.1, 0.15) is 39.5 Å². The molecule has 1 saturated heterocycles. The second-order valence-corrected chi connectivity index (χ2v) is 9.02. The van der Waals surface area contributed by atoms with E-state index in [0.717, 1.165) is 11.3 Å². The Morgan fingerprint density at radius 3 is 2.58 bits per heavy atom. The first-order valence-corrected chi connectivity index (χ1v) is 12.4. The number of Topliss-reactive ketones (excluding diaryl/α,β-unsaturated/α-hetero) is 1. The number of aliphatic hydroxyl groups excluding tert-OH is 1. The molecule has 1 aliphatic heterocycles. The number of aromatic nitrogens is 2. The lowest BCUT2D eigenvalue weighted by Gasteiger charge is -2.24. The van der Waals surface area contributed by atoms with Crippen LogP contribution < -0.4 is 14.4 Å². The maximum absolute atomic E-state index is 13.4. The number of benzene rings is 1. The number of thiazole rings is 1. The van der Waals surface area contributed by atoms with E-state index in [1.807, 2.05) is 6.92 Å². The highest BCUT2D eigenvalue weighted by Gasteiger charge is 2.48. The highest BCUT2D eigenvalue weighted by atomic mass is 32.1. The SMILES string of the molecule is C=CCOc1ccc(C2C(=C(O)c3ccncc3)C(=O)C(=O)N2c2nc(C)c(C(=O)OC)s2)cc1OCC. The summed E-state index contributed by atoms with van der Waals surface area (Å²) < 4.78 is 16.3. The number of anilines is 1. The molecule has 0 aliphatic carbocycles. The van der Waals surface area contributed by atoms with Gasteiger partial charge in [0.2, 0.25) is 0 Å². The van der Waals surface area contributed by atoms with Crippen molar-refractivity contribution in [2.75, 3.05) is 25.2 Å². The Kier molecular flexibility index (Phi) is 7.87. The fourth-order valence-electron chi connectivity index (χ4n) is 4.01. The lowest BCUT2D eigenvalue weighted by molar-refractivity contribution is -0.132. The van der Waals surface area contributed by atoms with E-state index in [1.54, 1.807) is 31.2 Å². The maximum Gasteiger partial charge on any atom is 0.350 e. The maximum atomic E-state index is 13.4. The molecule has 1 N–H and O–H groups in total. The number of aryl methyl sites for hydroxylation is 1. The highest BCUT2D eigenvalue weighted by Crippen LogP contribution is 2.45. The Labute approximate surface area is 222 Å². The molecule has 2 aromatic heterocycles. The highest BCUT2D eigenvalue weighted by molar-refractivity contribution is 7.17. The van der Waals surface area contributed by atoms with Gasteiger partial charge < -0.3 is 19.3 Å². The fourth-order valence-corrected chi connectivity index (χ4v) is 5.02. The average molecular weight is 536 g/mol. The smallest absolute Gasteiger partial charge is 0.350 e. The monoisotopic (exact) mass is 535 g/mol. The number of aliphatic hydroxyl groups is 1. The van der Waals surface area contributed by atoms with Crippen LogP contribution in [0, 0.1) is 6.92 Å². The molecule has 38 heavy (non-hydrogen) atoms. The Morgan fingerprint density at radius 2 is 1.92 bits per heavy atom. The van der Waals surface area contributed by atoms with Gasteiger partial charge >= 0.3 is 11.9 Å². The van der Waals surface area contributed by atoms with Gasteiger partial charge in [-0.25, -0.2) is 9.78 Å². The van der Waals surface area contributed by atoms with Gasteiger partial charge in [0.25, 0.3) is 5.78 Å². The summed E-state index contributed by atoms with van der Waals surface area (Å²) in [5.41, 5.74) is 0.969. The van der Waals surface area contributed by atoms with Crippen LogP contribution in [-0.2, 0) is 14.3 Å². The van der Waals surface area contributed by atoms with Crippen molar-refractivity contribution in [2.24, 2.45) is 0 Å². The largest absolute Gasteiger partial charge is 0.507 e. The minimum atomic E-state index is -1.08. The third-order valence-electron chi connectivity index (χ3n) is 5.70. The van der Waals surface area contributed by atoms with E-state index in [0.29, 0.717) is 34.9 Å². The fraction of sp³-hybridized carbons (Fsp3) is 0.222. The average Bonchev–Trinajstić information content (AvgIpc) is 3.44. The standard InChI is InChI=1S/C27H25N3O7S/c1-5-13-37-18-8-7-17(14-19(18)36-6-2)21-20(22(31)16-9-11-28-12-10-16)23(32)25(33)30(21)27-29-15(3)24(38-27)26(34)35-4/h5,7-12,14,21,31H,1,6,13H2,2-4H3. The summed E-state index contributed by atoms with van der Waals surface area (Å²) in [6, 6.07) is 6.95. The van der Waals surface area contributed by atoms with E-state index in [9.17, 15) is 19.5 Å². The molecule has 1 aromatic carbocycles. The molecule has 1 unspecified atom stereocenters. The number of carbonyl (C=O) groups excluding carboxylic acids is 3. The molecule has 0 spiro atoms. The van der Waals surface area contributed by atoms with E-state index < -0.39 is 23.7 Å². The first-order chi connectivity index (χ1) is 18.3. The van der Waals surface area contributed by atoms with Crippen molar-refractivity contribution in [2.45, 2.75) is 19.9 Å². The third kappa shape index (κ3) is 4.88. The van der Waals surface area contributed by atoms with Crippen LogP contribution in [0.4, 0.5) is 5.13 Å². The number of amides is 1. The van der Waals surface area contributed by atoms with Crippen LogP contribution in [0.15, 0.2) is 61.0 Å². The van der Waals surface area contributed by atoms with Gasteiger partial charge in [-0.05, 0) is 43.7 Å². The van der Waals surface area contributed by atoms with Crippen LogP contribution in [0.3, 0.4) is 0 Å². The van der Waals surface area contributed by atoms with Gasteiger partial charge in [-0.3, -0.25) is 19.5 Å². The second kappa shape index (κ2) is 11.3. The summed E-state index contributed by atoms with van der Waals surface area (Å²) in [6.07, 6.45) is 4.52. The molecule has 196 valence electrons. The molecular formula is C27H25N3O7S. The molecule has 3 heterocycles.